The topological polar surface area (TPSA) is 95.2 Å². The standard InChI is InChI=1S/C25H30N4O2/c1-3-6-22-16(2)27-24(28-22)23-14-18-7-4-5-8-19(18)15-29(23)25(31)21(26)13-17-9-11-20(30)12-10-17/h4-5,7-12,21,23,30H,3,6,13-15,26H2,1-2H3,(H,27,28)/t21-,23?/m0/s1. The molecule has 1 aromatic heterocycles. The maximum atomic E-state index is 13.5. The Hall–Kier alpha value is -3.12. The van der Waals surface area contributed by atoms with Gasteiger partial charge in [-0.3, -0.25) is 4.79 Å². The van der Waals surface area contributed by atoms with Crippen molar-refractivity contribution in [3.63, 3.8) is 0 Å². The molecule has 1 unspecified atom stereocenters. The number of H-pyrrole nitrogens is 1. The second-order valence-corrected chi connectivity index (χ2v) is 8.38. The Bertz CT molecular complexity index is 1060. The number of nitrogens with one attached hydrogen (secondary N) is 1. The number of carbonyl (C=O) groups is 1. The quantitative estimate of drug-likeness (QED) is 0.570. The Morgan fingerprint density at radius 2 is 1.94 bits per heavy atom. The zero-order valence-electron chi connectivity index (χ0n) is 18.1. The zero-order valence-corrected chi connectivity index (χ0v) is 18.1. The van der Waals surface area contributed by atoms with Gasteiger partial charge in [0.25, 0.3) is 0 Å². The molecule has 2 heterocycles. The van der Waals surface area contributed by atoms with E-state index in [2.05, 4.69) is 24.0 Å². The maximum absolute atomic E-state index is 13.5. The minimum atomic E-state index is -0.663. The van der Waals surface area contributed by atoms with Gasteiger partial charge >= 0.3 is 0 Å². The first-order valence-electron chi connectivity index (χ1n) is 10.9. The molecular formula is C25H30N4O2. The molecule has 6 heteroatoms. The summed E-state index contributed by atoms with van der Waals surface area (Å²) in [6.45, 7) is 4.70. The summed E-state index contributed by atoms with van der Waals surface area (Å²) in [5.74, 6) is 0.951. The van der Waals surface area contributed by atoms with Crippen molar-refractivity contribution in [3.05, 3.63) is 82.4 Å². The van der Waals surface area contributed by atoms with Crippen molar-refractivity contribution in [2.45, 2.75) is 58.2 Å². The first-order valence-corrected chi connectivity index (χ1v) is 10.9. The van der Waals surface area contributed by atoms with Crippen LogP contribution in [0.3, 0.4) is 0 Å². The van der Waals surface area contributed by atoms with Crippen LogP contribution in [0.15, 0.2) is 48.5 Å². The van der Waals surface area contributed by atoms with Gasteiger partial charge in [0.05, 0.1) is 17.8 Å². The Morgan fingerprint density at radius 3 is 2.65 bits per heavy atom. The molecular weight excluding hydrogens is 388 g/mol. The minimum Gasteiger partial charge on any atom is -0.508 e. The number of phenolic OH excluding ortho intramolecular Hbond substituents is 1. The van der Waals surface area contributed by atoms with E-state index in [0.717, 1.165) is 41.2 Å². The summed E-state index contributed by atoms with van der Waals surface area (Å²) in [6, 6.07) is 14.3. The second kappa shape index (κ2) is 8.94. The maximum Gasteiger partial charge on any atom is 0.240 e. The van der Waals surface area contributed by atoms with E-state index in [-0.39, 0.29) is 17.7 Å². The molecule has 3 aromatic rings. The number of aromatic amines is 1. The zero-order chi connectivity index (χ0) is 22.0. The fourth-order valence-corrected chi connectivity index (χ4v) is 4.34. The van der Waals surface area contributed by atoms with Crippen LogP contribution in [0.25, 0.3) is 0 Å². The number of nitrogens with two attached hydrogens (primary N) is 1. The van der Waals surface area contributed by atoms with Crippen molar-refractivity contribution in [3.8, 4) is 5.75 Å². The predicted octanol–water partition coefficient (Wildman–Crippen LogP) is 3.57. The predicted molar refractivity (Wildman–Crippen MR) is 121 cm³/mol. The number of hydrogen-bond donors (Lipinski definition) is 3. The minimum absolute atomic E-state index is 0.0846. The van der Waals surface area contributed by atoms with E-state index in [4.69, 9.17) is 10.7 Å². The summed E-state index contributed by atoms with van der Waals surface area (Å²) < 4.78 is 0. The molecule has 0 bridgehead atoms. The molecule has 0 saturated carbocycles. The Balaban J connectivity index is 1.62. The first kappa shape index (κ1) is 21.1. The van der Waals surface area contributed by atoms with Gasteiger partial charge in [0.1, 0.15) is 11.6 Å². The van der Waals surface area contributed by atoms with Crippen LogP contribution in [0.5, 0.6) is 5.75 Å². The highest BCUT2D eigenvalue weighted by Gasteiger charge is 2.35. The summed E-state index contributed by atoms with van der Waals surface area (Å²) in [5, 5.41) is 9.50. The van der Waals surface area contributed by atoms with Crippen LogP contribution in [0.1, 0.15) is 53.3 Å². The Morgan fingerprint density at radius 1 is 1.23 bits per heavy atom. The van der Waals surface area contributed by atoms with E-state index >= 15 is 0 Å². The largest absolute Gasteiger partial charge is 0.508 e. The third-order valence-electron chi connectivity index (χ3n) is 6.05. The molecule has 2 atom stereocenters. The SMILES string of the molecule is CCCc1nc(C2Cc3ccccc3CN2C(=O)[C@@H](N)Cc2ccc(O)cc2)[nH]c1C. The van der Waals surface area contributed by atoms with Gasteiger partial charge in [0.15, 0.2) is 0 Å². The van der Waals surface area contributed by atoms with Gasteiger partial charge in [0.2, 0.25) is 5.91 Å². The third kappa shape index (κ3) is 4.49. The van der Waals surface area contributed by atoms with Crippen LogP contribution in [0, 0.1) is 6.92 Å². The molecule has 2 aromatic carbocycles. The van der Waals surface area contributed by atoms with Crippen LogP contribution < -0.4 is 5.73 Å². The van der Waals surface area contributed by atoms with Crippen molar-refractivity contribution in [2.75, 3.05) is 0 Å². The lowest BCUT2D eigenvalue weighted by Crippen LogP contribution is -2.48. The van der Waals surface area contributed by atoms with Crippen LogP contribution in [-0.2, 0) is 30.6 Å². The molecule has 162 valence electrons. The average molecular weight is 419 g/mol. The number of aromatic nitrogens is 2. The molecule has 6 nitrogen and oxygen atoms in total. The lowest BCUT2D eigenvalue weighted by Gasteiger charge is -2.37. The monoisotopic (exact) mass is 418 g/mol. The molecule has 31 heavy (non-hydrogen) atoms. The molecule has 0 aliphatic carbocycles. The average Bonchev–Trinajstić information content (AvgIpc) is 3.14. The van der Waals surface area contributed by atoms with E-state index in [1.807, 2.05) is 24.0 Å². The molecule has 4 rings (SSSR count). The lowest BCUT2D eigenvalue weighted by atomic mass is 9.92. The number of amides is 1. The van der Waals surface area contributed by atoms with Crippen molar-refractivity contribution >= 4 is 5.91 Å². The molecule has 1 aliphatic rings. The van der Waals surface area contributed by atoms with Gasteiger partial charge in [-0.2, -0.15) is 0 Å². The molecule has 0 saturated heterocycles. The highest BCUT2D eigenvalue weighted by atomic mass is 16.3. The summed E-state index contributed by atoms with van der Waals surface area (Å²) >= 11 is 0. The number of carbonyl (C=O) groups excluding carboxylic acids is 1. The molecule has 0 fully saturated rings. The van der Waals surface area contributed by atoms with Gasteiger partial charge in [-0.15, -0.1) is 0 Å². The number of benzene rings is 2. The summed E-state index contributed by atoms with van der Waals surface area (Å²) in [7, 11) is 0. The van der Waals surface area contributed by atoms with Crippen LogP contribution in [-0.4, -0.2) is 31.9 Å². The first-order chi connectivity index (χ1) is 15.0. The number of fused-ring (bicyclic) bond motifs is 1. The smallest absolute Gasteiger partial charge is 0.240 e. The summed E-state index contributed by atoms with van der Waals surface area (Å²) in [4.78, 5) is 23.7. The molecule has 0 spiro atoms. The van der Waals surface area contributed by atoms with Gasteiger partial charge in [0, 0.05) is 18.7 Å². The summed E-state index contributed by atoms with van der Waals surface area (Å²) in [5.41, 5.74) is 11.8. The molecule has 0 radical (unpaired) electrons. The molecule has 4 N–H and O–H groups in total. The van der Waals surface area contributed by atoms with Crippen molar-refractivity contribution in [2.24, 2.45) is 5.73 Å². The number of phenols is 1. The van der Waals surface area contributed by atoms with Gasteiger partial charge in [-0.1, -0.05) is 49.7 Å². The van der Waals surface area contributed by atoms with E-state index < -0.39 is 6.04 Å². The van der Waals surface area contributed by atoms with Gasteiger partial charge in [-0.25, -0.2) is 4.98 Å². The van der Waals surface area contributed by atoms with Gasteiger partial charge in [-0.05, 0) is 48.6 Å². The second-order valence-electron chi connectivity index (χ2n) is 8.38. The van der Waals surface area contributed by atoms with E-state index in [9.17, 15) is 9.90 Å². The van der Waals surface area contributed by atoms with Crippen molar-refractivity contribution in [1.29, 1.82) is 0 Å². The van der Waals surface area contributed by atoms with Crippen LogP contribution in [0.4, 0.5) is 0 Å². The summed E-state index contributed by atoms with van der Waals surface area (Å²) in [6.07, 6.45) is 3.08. The van der Waals surface area contributed by atoms with E-state index in [1.165, 1.54) is 5.56 Å². The number of imidazole rings is 1. The highest BCUT2D eigenvalue weighted by molar-refractivity contribution is 5.82. The lowest BCUT2D eigenvalue weighted by molar-refractivity contribution is -0.136. The van der Waals surface area contributed by atoms with Crippen molar-refractivity contribution < 1.29 is 9.90 Å². The number of nitrogens with zero attached hydrogens (tertiary/aromatic N) is 2. The van der Waals surface area contributed by atoms with E-state index in [0.29, 0.717) is 19.4 Å². The number of rotatable bonds is 6. The Kier molecular flexibility index (Phi) is 6.09. The number of aromatic hydroxyl groups is 1. The molecule has 1 aliphatic heterocycles. The molecule has 1 amide bonds. The fourth-order valence-electron chi connectivity index (χ4n) is 4.34. The number of aryl methyl sites for hydroxylation is 2. The Labute approximate surface area is 183 Å². The normalized spacial score (nSPS) is 16.7. The fraction of sp³-hybridized carbons (Fsp3) is 0.360. The van der Waals surface area contributed by atoms with Gasteiger partial charge < -0.3 is 20.7 Å². The van der Waals surface area contributed by atoms with Crippen LogP contribution in [0.2, 0.25) is 0 Å². The highest BCUT2D eigenvalue weighted by Crippen LogP contribution is 2.33. The van der Waals surface area contributed by atoms with Crippen molar-refractivity contribution in [1.82, 2.24) is 14.9 Å². The third-order valence-corrected chi connectivity index (χ3v) is 6.05. The van der Waals surface area contributed by atoms with E-state index in [1.54, 1.807) is 24.3 Å². The van der Waals surface area contributed by atoms with Crippen LogP contribution >= 0.6 is 0 Å². The number of hydrogen-bond acceptors (Lipinski definition) is 4.